The van der Waals surface area contributed by atoms with Gasteiger partial charge in [-0.05, 0) is 100 Å². The molecule has 2 aliphatic heterocycles. The highest BCUT2D eigenvalue weighted by Gasteiger charge is 2.41. The predicted octanol–water partition coefficient (Wildman–Crippen LogP) is -0.864. The van der Waals surface area contributed by atoms with E-state index in [1.54, 1.807) is 79.0 Å². The SMILES string of the molecule is CC(C)C[C@@H](C(=O)N[C@@H](CCCN=C(N)N)C(=O)N1CCC[C@H]1C(=O)NNC(N)=O)N(C)C(=O)[C@@H](Cc1ccccc1)NC(=O)[C@H](Cc1ccc(OC(C)(C)C)cc1)NC(=O)[C@H](CO)NC(=O)[C@H](Cc1c[nH]c2ccccc12)NC(=O)[C@H](Cc1cnc[nH]1)NC(=O)[C@@H]1CCC(=O)N1. The summed E-state index contributed by atoms with van der Waals surface area (Å²) in [4.78, 5) is 171. The Morgan fingerprint density at radius 1 is 0.711 bits per heavy atom. The number of carbonyl (C=O) groups is 11. The number of benzene rings is 3. The highest BCUT2D eigenvalue weighted by Crippen LogP contribution is 2.24. The van der Waals surface area contributed by atoms with Crippen LogP contribution >= 0.6 is 0 Å². The molecule has 0 spiro atoms. The number of hydrogen-bond acceptors (Lipinski definition) is 15. The summed E-state index contributed by atoms with van der Waals surface area (Å²) in [6.45, 7) is 8.45. The molecule has 0 aliphatic carbocycles. The van der Waals surface area contributed by atoms with E-state index in [1.165, 1.54) is 29.4 Å². The number of likely N-dealkylation sites (tertiary alicyclic amines) is 1. The van der Waals surface area contributed by atoms with E-state index in [-0.39, 0.29) is 95.1 Å². The van der Waals surface area contributed by atoms with Crippen LogP contribution in [0.5, 0.6) is 5.75 Å². The maximum Gasteiger partial charge on any atom is 0.330 e. The van der Waals surface area contributed by atoms with Crippen LogP contribution in [-0.2, 0) is 73.6 Å². The number of aliphatic hydroxyl groups excluding tert-OH is 1. The van der Waals surface area contributed by atoms with Gasteiger partial charge in [0.2, 0.25) is 53.2 Å². The number of amides is 12. The lowest BCUT2D eigenvalue weighted by Crippen LogP contribution is -2.62. The number of nitrogens with two attached hydrogens (primary N) is 3. The molecule has 31 heteroatoms. The molecule has 97 heavy (non-hydrogen) atoms. The fourth-order valence-electron chi connectivity index (χ4n) is 11.5. The number of hydrogen-bond donors (Lipinski definition) is 15. The molecular weight excluding hydrogens is 1250 g/mol. The van der Waals surface area contributed by atoms with E-state index in [2.05, 4.69) is 62.6 Å². The Labute approximate surface area is 561 Å². The normalized spacial score (nSPS) is 16.6. The zero-order valence-corrected chi connectivity index (χ0v) is 55.3. The number of guanidine groups is 1. The van der Waals surface area contributed by atoms with Crippen LogP contribution in [0.1, 0.15) is 102 Å². The second-order valence-corrected chi connectivity index (χ2v) is 25.5. The van der Waals surface area contributed by atoms with Gasteiger partial charge in [-0.2, -0.15) is 0 Å². The van der Waals surface area contributed by atoms with Gasteiger partial charge in [-0.3, -0.25) is 58.4 Å². The largest absolute Gasteiger partial charge is 0.488 e. The van der Waals surface area contributed by atoms with E-state index < -0.39 is 126 Å². The Morgan fingerprint density at radius 3 is 1.94 bits per heavy atom. The van der Waals surface area contributed by atoms with E-state index in [1.807, 2.05) is 46.1 Å². The first-order chi connectivity index (χ1) is 46.2. The topological polar surface area (TPSA) is 467 Å². The first-order valence-electron chi connectivity index (χ1n) is 32.2. The summed E-state index contributed by atoms with van der Waals surface area (Å²) in [5.41, 5.74) is 22.8. The third kappa shape index (κ3) is 22.0. The fourth-order valence-corrected chi connectivity index (χ4v) is 11.5. The number of likely N-dealkylation sites (N-methyl/N-ethyl adjacent to an activating group) is 1. The number of H-pyrrole nitrogens is 2. The molecule has 5 aromatic rings. The van der Waals surface area contributed by atoms with Gasteiger partial charge in [0.05, 0.1) is 12.9 Å². The molecule has 9 atom stereocenters. The van der Waals surface area contributed by atoms with E-state index in [4.69, 9.17) is 21.9 Å². The molecule has 0 bridgehead atoms. The standard InChI is InChI=1S/C66H90N18O13/c1-37(2)28-53(60(92)75-46(18-12-26-71-64(67)68)63(95)84-27-13-19-52(84)61(93)81-82-65(69)96)83(6)62(94)50(30-38-14-8-7-9-15-38)79-56(88)47(29-39-20-22-42(23-21-39)97-66(3,4)5)76-59(91)51(35-85)80-57(89)48(31-40-33-72-44-17-11-10-16-43(40)44)77-58(90)49(32-41-34-70-36-73-41)78-55(87)45-24-25-54(86)74-45/h7-11,14-17,20-23,33-34,36-37,45-53,72,85H,12-13,18-19,24-32,35H2,1-6H3,(H,70,73)(H,74,86)(H,75,92)(H,76,91)(H,77,90)(H,78,87)(H,79,88)(H,80,89)(H,81,93)(H4,67,68,71)(H3,69,82,96)/t45-,46-,47-,48-,49-,50+,51-,52-,53-/m0/s1. The summed E-state index contributed by atoms with van der Waals surface area (Å²) < 4.78 is 6.05. The number of aromatic nitrogens is 3. The minimum Gasteiger partial charge on any atom is -0.488 e. The van der Waals surface area contributed by atoms with Crippen LogP contribution in [-0.4, -0.2) is 188 Å². The summed E-state index contributed by atoms with van der Waals surface area (Å²) in [6.07, 6.45) is 5.03. The van der Waals surface area contributed by atoms with Crippen LogP contribution in [0.3, 0.4) is 0 Å². The van der Waals surface area contributed by atoms with Crippen molar-refractivity contribution in [2.45, 2.75) is 165 Å². The van der Waals surface area contributed by atoms with Crippen molar-refractivity contribution in [3.8, 4) is 5.75 Å². The molecule has 0 unspecified atom stereocenters. The summed E-state index contributed by atoms with van der Waals surface area (Å²) in [5.74, 6) is -7.45. The van der Waals surface area contributed by atoms with Gasteiger partial charge in [0.15, 0.2) is 5.96 Å². The molecule has 12 amide bonds. The third-order valence-corrected chi connectivity index (χ3v) is 16.3. The highest BCUT2D eigenvalue weighted by atomic mass is 16.5. The monoisotopic (exact) mass is 1340 g/mol. The molecule has 3 aromatic carbocycles. The third-order valence-electron chi connectivity index (χ3n) is 16.3. The van der Waals surface area contributed by atoms with Gasteiger partial charge in [-0.1, -0.05) is 74.5 Å². The molecule has 7 rings (SSSR count). The Morgan fingerprint density at radius 2 is 1.32 bits per heavy atom. The summed E-state index contributed by atoms with van der Waals surface area (Å²) in [7, 11) is 1.39. The molecule has 522 valence electrons. The van der Waals surface area contributed by atoms with Crippen LogP contribution < -0.4 is 70.0 Å². The lowest BCUT2D eigenvalue weighted by Gasteiger charge is -2.34. The predicted molar refractivity (Wildman–Crippen MR) is 356 cm³/mol. The highest BCUT2D eigenvalue weighted by molar-refractivity contribution is 6.00. The number of imidazole rings is 1. The molecule has 0 saturated carbocycles. The van der Waals surface area contributed by atoms with Crippen LogP contribution in [0.25, 0.3) is 10.9 Å². The summed E-state index contributed by atoms with van der Waals surface area (Å²) in [6, 6.07) is 9.49. The number of ether oxygens (including phenoxy) is 1. The zero-order valence-electron chi connectivity index (χ0n) is 55.3. The zero-order chi connectivity index (χ0) is 70.5. The van der Waals surface area contributed by atoms with Gasteiger partial charge >= 0.3 is 6.03 Å². The molecule has 2 saturated heterocycles. The number of carbonyl (C=O) groups excluding carboxylic acids is 11. The summed E-state index contributed by atoms with van der Waals surface area (Å²) in [5, 5.41) is 30.7. The van der Waals surface area contributed by atoms with Crippen molar-refractivity contribution in [1.82, 2.24) is 72.8 Å². The molecule has 2 aromatic heterocycles. The van der Waals surface area contributed by atoms with Gasteiger partial charge in [-0.25, -0.2) is 15.2 Å². The molecule has 2 aliphatic rings. The number of rotatable bonds is 32. The van der Waals surface area contributed by atoms with E-state index in [9.17, 15) is 48.3 Å². The molecule has 4 heterocycles. The maximum atomic E-state index is 15.3. The smallest absolute Gasteiger partial charge is 0.330 e. The number of primary amides is 1. The van der Waals surface area contributed by atoms with Crippen molar-refractivity contribution in [3.63, 3.8) is 0 Å². The average molecular weight is 1340 g/mol. The van der Waals surface area contributed by atoms with Crippen molar-refractivity contribution >= 4 is 82.0 Å². The molecule has 18 N–H and O–H groups in total. The maximum absolute atomic E-state index is 15.3. The van der Waals surface area contributed by atoms with E-state index in [0.29, 0.717) is 45.5 Å². The quantitative estimate of drug-likeness (QED) is 0.0108. The second-order valence-electron chi connectivity index (χ2n) is 25.5. The number of para-hydroxylation sites is 1. The number of urea groups is 1. The van der Waals surface area contributed by atoms with Crippen LogP contribution in [0, 0.1) is 5.92 Å². The number of hydrazine groups is 1. The lowest BCUT2D eigenvalue weighted by atomic mass is 9.98. The van der Waals surface area contributed by atoms with E-state index in [0.717, 1.165) is 0 Å². The number of nitrogens with zero attached hydrogens (tertiary/aromatic N) is 4. The number of aromatic amines is 2. The van der Waals surface area contributed by atoms with Crippen molar-refractivity contribution in [1.29, 1.82) is 0 Å². The first-order valence-corrected chi connectivity index (χ1v) is 32.2. The number of aliphatic hydroxyl groups is 1. The van der Waals surface area contributed by atoms with Gasteiger partial charge in [0.25, 0.3) is 5.91 Å². The van der Waals surface area contributed by atoms with E-state index >= 15 is 9.59 Å². The van der Waals surface area contributed by atoms with Gasteiger partial charge in [-0.15, -0.1) is 0 Å². The van der Waals surface area contributed by atoms with Gasteiger partial charge < -0.3 is 84.0 Å². The van der Waals surface area contributed by atoms with Crippen molar-refractivity contribution < 1.29 is 62.6 Å². The first kappa shape index (κ1) is 73.8. The van der Waals surface area contributed by atoms with Crippen LogP contribution in [0.15, 0.2) is 103 Å². The van der Waals surface area contributed by atoms with Gasteiger partial charge in [0, 0.05) is 81.2 Å². The minimum absolute atomic E-state index is 0.00833. The van der Waals surface area contributed by atoms with Gasteiger partial charge in [0.1, 0.15) is 65.7 Å². The Kier molecular flexibility index (Phi) is 26.4. The van der Waals surface area contributed by atoms with Crippen molar-refractivity contribution in [2.24, 2.45) is 28.1 Å². The van der Waals surface area contributed by atoms with Crippen molar-refractivity contribution in [3.05, 3.63) is 120 Å². The van der Waals surface area contributed by atoms with Crippen LogP contribution in [0.2, 0.25) is 0 Å². The summed E-state index contributed by atoms with van der Waals surface area (Å²) >= 11 is 0. The fraction of sp³-hybridized carbons (Fsp3) is 0.470. The molecule has 0 radical (unpaired) electrons. The molecular formula is C66H90N18O13. The Balaban J connectivity index is 1.17. The van der Waals surface area contributed by atoms with Crippen LogP contribution in [0.4, 0.5) is 4.79 Å². The number of nitrogens with one attached hydrogen (secondary N) is 11. The second kappa shape index (κ2) is 34.7. The Bertz CT molecular complexity index is 3590. The lowest BCUT2D eigenvalue weighted by molar-refractivity contribution is -0.145. The molecule has 2 fully saturated rings. The average Bonchev–Trinajstić information content (AvgIpc) is 1.77. The Hall–Kier alpha value is -10.6. The number of fused-ring (bicyclic) bond motifs is 1. The van der Waals surface area contributed by atoms with Crippen molar-refractivity contribution in [2.75, 3.05) is 26.7 Å². The number of aliphatic imine (C=N–C) groups is 1. The molecule has 31 nitrogen and oxygen atoms in total. The minimum atomic E-state index is -1.78.